The van der Waals surface area contributed by atoms with Crippen molar-refractivity contribution in [3.63, 3.8) is 0 Å². The van der Waals surface area contributed by atoms with Crippen LogP contribution in [0.3, 0.4) is 0 Å². The highest BCUT2D eigenvalue weighted by Crippen LogP contribution is 2.22. The zero-order chi connectivity index (χ0) is 17.2. The molecule has 1 aliphatic heterocycles. The molecule has 2 aromatic heterocycles. The van der Waals surface area contributed by atoms with Gasteiger partial charge in [0.25, 0.3) is 5.56 Å². The average molecular weight is 333 g/mol. The van der Waals surface area contributed by atoms with Crippen LogP contribution < -0.4 is 5.56 Å². The van der Waals surface area contributed by atoms with Crippen LogP contribution in [0.2, 0.25) is 0 Å². The molecule has 0 N–H and O–H groups in total. The number of nitrogens with zero attached hydrogens (tertiary/aromatic N) is 3. The van der Waals surface area contributed by atoms with E-state index in [-0.39, 0.29) is 5.56 Å². The summed E-state index contributed by atoms with van der Waals surface area (Å²) in [5.41, 5.74) is 4.09. The molecule has 0 spiro atoms. The second kappa shape index (κ2) is 6.81. The maximum Gasteiger partial charge on any atom is 0.258 e. The highest BCUT2D eigenvalue weighted by atomic mass is 16.1. The van der Waals surface area contributed by atoms with Crippen LogP contribution in [-0.4, -0.2) is 27.4 Å². The molecule has 0 aliphatic carbocycles. The third-order valence-corrected chi connectivity index (χ3v) is 5.06. The highest BCUT2D eigenvalue weighted by molar-refractivity contribution is 5.46. The number of hydrogen-bond donors (Lipinski definition) is 0. The lowest BCUT2D eigenvalue weighted by Gasteiger charge is -2.16. The Labute approximate surface area is 147 Å². The molecule has 128 valence electrons. The van der Waals surface area contributed by atoms with E-state index in [0.717, 1.165) is 43.0 Å². The van der Waals surface area contributed by atoms with Crippen molar-refractivity contribution in [2.75, 3.05) is 13.1 Å². The molecule has 4 nitrogen and oxygen atoms in total. The SMILES string of the molecule is Cc1cccn2c(=O)cc(CN3CC[C@@H](Cc4ccccc4)C3)nc12. The normalized spacial score (nSPS) is 18.0. The fraction of sp³-hybridized carbons (Fsp3) is 0.333. The van der Waals surface area contributed by atoms with E-state index in [4.69, 9.17) is 4.98 Å². The standard InChI is InChI=1S/C21H23N3O/c1-16-6-5-10-24-20(25)13-19(22-21(16)24)15-23-11-9-18(14-23)12-17-7-3-2-4-8-17/h2-8,10,13,18H,9,11-12,14-15H2,1H3/t18-/m0/s1. The molecule has 0 bridgehead atoms. The lowest BCUT2D eigenvalue weighted by molar-refractivity contribution is 0.312. The molecule has 1 atom stereocenters. The van der Waals surface area contributed by atoms with Crippen molar-refractivity contribution < 1.29 is 0 Å². The molecule has 1 fully saturated rings. The zero-order valence-corrected chi connectivity index (χ0v) is 14.6. The van der Waals surface area contributed by atoms with Gasteiger partial charge in [0.2, 0.25) is 0 Å². The molecule has 25 heavy (non-hydrogen) atoms. The number of hydrogen-bond acceptors (Lipinski definition) is 3. The number of likely N-dealkylation sites (tertiary alicyclic amines) is 1. The van der Waals surface area contributed by atoms with Crippen LogP contribution in [0.25, 0.3) is 5.65 Å². The quantitative estimate of drug-likeness (QED) is 0.736. The Kier molecular flexibility index (Phi) is 4.36. The molecule has 1 aliphatic rings. The number of aryl methyl sites for hydroxylation is 1. The van der Waals surface area contributed by atoms with Gasteiger partial charge in [-0.05, 0) is 49.4 Å². The molecule has 3 aromatic rings. The summed E-state index contributed by atoms with van der Waals surface area (Å²) in [4.78, 5) is 19.5. The summed E-state index contributed by atoms with van der Waals surface area (Å²) < 4.78 is 1.63. The van der Waals surface area contributed by atoms with Crippen LogP contribution in [0.15, 0.2) is 59.5 Å². The summed E-state index contributed by atoms with van der Waals surface area (Å²) in [5.74, 6) is 0.686. The highest BCUT2D eigenvalue weighted by Gasteiger charge is 2.23. The smallest absolute Gasteiger partial charge is 0.258 e. The largest absolute Gasteiger partial charge is 0.297 e. The average Bonchev–Trinajstić information content (AvgIpc) is 3.04. The van der Waals surface area contributed by atoms with Crippen molar-refractivity contribution in [1.82, 2.24) is 14.3 Å². The fourth-order valence-electron chi connectivity index (χ4n) is 3.79. The first-order chi connectivity index (χ1) is 12.2. The minimum Gasteiger partial charge on any atom is -0.297 e. The first-order valence-corrected chi connectivity index (χ1v) is 8.93. The van der Waals surface area contributed by atoms with Gasteiger partial charge >= 0.3 is 0 Å². The Morgan fingerprint density at radius 2 is 2.00 bits per heavy atom. The maximum atomic E-state index is 12.3. The summed E-state index contributed by atoms with van der Waals surface area (Å²) >= 11 is 0. The van der Waals surface area contributed by atoms with Gasteiger partial charge in [-0.15, -0.1) is 0 Å². The van der Waals surface area contributed by atoms with E-state index < -0.39 is 0 Å². The topological polar surface area (TPSA) is 37.6 Å². The molecule has 0 radical (unpaired) electrons. The Morgan fingerprint density at radius 3 is 2.84 bits per heavy atom. The number of aromatic nitrogens is 2. The summed E-state index contributed by atoms with van der Waals surface area (Å²) in [5, 5.41) is 0. The van der Waals surface area contributed by atoms with Crippen molar-refractivity contribution in [2.45, 2.75) is 26.3 Å². The van der Waals surface area contributed by atoms with Gasteiger partial charge in [-0.3, -0.25) is 14.1 Å². The van der Waals surface area contributed by atoms with Crippen LogP contribution in [0, 0.1) is 12.8 Å². The van der Waals surface area contributed by atoms with E-state index in [1.165, 1.54) is 12.0 Å². The van der Waals surface area contributed by atoms with E-state index in [1.807, 2.05) is 19.1 Å². The first kappa shape index (κ1) is 16.0. The number of pyridine rings is 1. The molecule has 0 unspecified atom stereocenters. The lowest BCUT2D eigenvalue weighted by atomic mass is 9.99. The molecule has 4 heteroatoms. The van der Waals surface area contributed by atoms with E-state index in [1.54, 1.807) is 16.7 Å². The first-order valence-electron chi connectivity index (χ1n) is 8.93. The Balaban J connectivity index is 1.47. The van der Waals surface area contributed by atoms with E-state index in [9.17, 15) is 4.79 Å². The van der Waals surface area contributed by atoms with Gasteiger partial charge in [0.15, 0.2) is 0 Å². The third kappa shape index (κ3) is 3.49. The van der Waals surface area contributed by atoms with Gasteiger partial charge in [-0.25, -0.2) is 4.98 Å². The van der Waals surface area contributed by atoms with Crippen molar-refractivity contribution >= 4 is 5.65 Å². The lowest BCUT2D eigenvalue weighted by Crippen LogP contribution is -2.24. The molecule has 0 amide bonds. The molecule has 4 rings (SSSR count). The summed E-state index contributed by atoms with van der Waals surface area (Å²) in [6.45, 7) is 4.90. The minimum absolute atomic E-state index is 0.00346. The second-order valence-corrected chi connectivity index (χ2v) is 7.05. The van der Waals surface area contributed by atoms with Crippen LogP contribution in [0.4, 0.5) is 0 Å². The zero-order valence-electron chi connectivity index (χ0n) is 14.6. The molecule has 1 aromatic carbocycles. The van der Waals surface area contributed by atoms with Gasteiger partial charge in [0.05, 0.1) is 5.69 Å². The van der Waals surface area contributed by atoms with Crippen molar-refractivity contribution in [3.8, 4) is 0 Å². The third-order valence-electron chi connectivity index (χ3n) is 5.06. The van der Waals surface area contributed by atoms with Gasteiger partial charge in [0.1, 0.15) is 5.65 Å². The summed E-state index contributed by atoms with van der Waals surface area (Å²) in [6.07, 6.45) is 4.12. The second-order valence-electron chi connectivity index (χ2n) is 7.05. The van der Waals surface area contributed by atoms with Crippen molar-refractivity contribution in [1.29, 1.82) is 0 Å². The van der Waals surface area contributed by atoms with Gasteiger partial charge in [0, 0.05) is 25.4 Å². The van der Waals surface area contributed by atoms with Crippen LogP contribution in [0.1, 0.15) is 23.2 Å². The number of rotatable bonds is 4. The summed E-state index contributed by atoms with van der Waals surface area (Å²) in [7, 11) is 0. The molecule has 0 saturated carbocycles. The van der Waals surface area contributed by atoms with Crippen LogP contribution in [-0.2, 0) is 13.0 Å². The monoisotopic (exact) mass is 333 g/mol. The van der Waals surface area contributed by atoms with E-state index in [2.05, 4.69) is 35.2 Å². The van der Waals surface area contributed by atoms with E-state index in [0.29, 0.717) is 5.92 Å². The van der Waals surface area contributed by atoms with Gasteiger partial charge < -0.3 is 0 Å². The Morgan fingerprint density at radius 1 is 1.16 bits per heavy atom. The van der Waals surface area contributed by atoms with Gasteiger partial charge in [-0.2, -0.15) is 0 Å². The van der Waals surface area contributed by atoms with Crippen LogP contribution >= 0.6 is 0 Å². The fourth-order valence-corrected chi connectivity index (χ4v) is 3.79. The summed E-state index contributed by atoms with van der Waals surface area (Å²) in [6, 6.07) is 16.3. The van der Waals surface area contributed by atoms with Crippen molar-refractivity contribution in [3.05, 3.63) is 81.9 Å². The van der Waals surface area contributed by atoms with Gasteiger partial charge in [-0.1, -0.05) is 36.4 Å². The molecular weight excluding hydrogens is 310 g/mol. The minimum atomic E-state index is 0.00346. The predicted molar refractivity (Wildman–Crippen MR) is 99.7 cm³/mol. The van der Waals surface area contributed by atoms with E-state index >= 15 is 0 Å². The van der Waals surface area contributed by atoms with Crippen molar-refractivity contribution in [2.24, 2.45) is 5.92 Å². The number of benzene rings is 1. The molecular formula is C21H23N3O. The molecule has 1 saturated heterocycles. The Bertz CT molecular complexity index is 933. The van der Waals surface area contributed by atoms with Crippen LogP contribution in [0.5, 0.6) is 0 Å². The number of fused-ring (bicyclic) bond motifs is 1. The predicted octanol–water partition coefficient (Wildman–Crippen LogP) is 3.07. The molecule has 3 heterocycles. The Hall–Kier alpha value is -2.46. The maximum absolute atomic E-state index is 12.3.